The number of hydrogen-bond acceptors (Lipinski definition) is 2. The first kappa shape index (κ1) is 20.8. The number of halogens is 2. The average molecular weight is 428 g/mol. The van der Waals surface area contributed by atoms with Crippen molar-refractivity contribution >= 4 is 46.2 Å². The summed E-state index contributed by atoms with van der Waals surface area (Å²) in [6, 6.07) is 20.4. The third-order valence-electron chi connectivity index (χ3n) is 4.24. The van der Waals surface area contributed by atoms with E-state index in [1.165, 1.54) is 18.2 Å². The number of rotatable bonds is 5. The Kier molecular flexibility index (Phi) is 6.80. The number of carbonyl (C=O) groups is 1. The fraction of sp³-hybridized carbons (Fsp3) is 0.0909. The summed E-state index contributed by atoms with van der Waals surface area (Å²) >= 11 is 11.3. The van der Waals surface area contributed by atoms with Crippen molar-refractivity contribution in [1.29, 1.82) is 0 Å². The predicted octanol–water partition coefficient (Wildman–Crippen LogP) is 5.78. The van der Waals surface area contributed by atoms with Crippen LogP contribution < -0.4 is 16.0 Å². The van der Waals surface area contributed by atoms with Gasteiger partial charge in [-0.3, -0.25) is 4.79 Å². The van der Waals surface area contributed by atoms with Gasteiger partial charge in [-0.05, 0) is 73.2 Å². The number of nitrogens with one attached hydrogen (secondary N) is 3. The Bertz CT molecular complexity index is 1010. The molecule has 3 aromatic rings. The molecular weight excluding hydrogens is 409 g/mol. The highest BCUT2D eigenvalue weighted by atomic mass is 35.5. The number of anilines is 2. The molecule has 0 radical (unpaired) electrons. The molecule has 1 amide bonds. The first-order valence-corrected chi connectivity index (χ1v) is 9.70. The minimum absolute atomic E-state index is 0.00346. The minimum Gasteiger partial charge on any atom is -0.356 e. The van der Waals surface area contributed by atoms with Crippen LogP contribution in [0.3, 0.4) is 0 Å². The highest BCUT2D eigenvalue weighted by Gasteiger charge is 2.11. The van der Waals surface area contributed by atoms with Gasteiger partial charge in [0.05, 0.1) is 11.6 Å². The van der Waals surface area contributed by atoms with E-state index in [4.69, 9.17) is 23.8 Å². The summed E-state index contributed by atoms with van der Waals surface area (Å²) < 4.78 is 13.7. The lowest BCUT2D eigenvalue weighted by atomic mass is 10.1. The van der Waals surface area contributed by atoms with Crippen molar-refractivity contribution in [3.63, 3.8) is 0 Å². The van der Waals surface area contributed by atoms with Crippen LogP contribution >= 0.6 is 23.8 Å². The van der Waals surface area contributed by atoms with Crippen molar-refractivity contribution in [3.05, 3.63) is 94.8 Å². The van der Waals surface area contributed by atoms with Crippen LogP contribution in [0.5, 0.6) is 0 Å². The van der Waals surface area contributed by atoms with Crippen LogP contribution in [0.25, 0.3) is 0 Å². The maximum atomic E-state index is 13.7. The fourth-order valence-corrected chi connectivity index (χ4v) is 3.10. The van der Waals surface area contributed by atoms with Gasteiger partial charge in [0.15, 0.2) is 5.11 Å². The predicted molar refractivity (Wildman–Crippen MR) is 120 cm³/mol. The standard InChI is InChI=1S/C22H19ClFN3OS/c1-14(15-6-8-16(23)9-7-15)25-22(29)27-18-12-10-17(11-13-18)26-21(28)19-4-2-3-5-20(19)24/h2-14H,1H3,(H,26,28)(H2,25,27,29)/t14-/m1/s1. The van der Waals surface area contributed by atoms with E-state index < -0.39 is 11.7 Å². The summed E-state index contributed by atoms with van der Waals surface area (Å²) in [5.41, 5.74) is 2.37. The summed E-state index contributed by atoms with van der Waals surface area (Å²) in [6.07, 6.45) is 0. The number of hydrogen-bond donors (Lipinski definition) is 3. The Balaban J connectivity index is 1.56. The van der Waals surface area contributed by atoms with Crippen molar-refractivity contribution < 1.29 is 9.18 Å². The smallest absolute Gasteiger partial charge is 0.258 e. The zero-order valence-corrected chi connectivity index (χ0v) is 17.2. The summed E-state index contributed by atoms with van der Waals surface area (Å²) in [5, 5.41) is 10.1. The van der Waals surface area contributed by atoms with Gasteiger partial charge < -0.3 is 16.0 Å². The Hall–Kier alpha value is -2.96. The second kappa shape index (κ2) is 9.49. The third-order valence-corrected chi connectivity index (χ3v) is 4.71. The fourth-order valence-electron chi connectivity index (χ4n) is 2.68. The number of carbonyl (C=O) groups excluding carboxylic acids is 1. The zero-order valence-electron chi connectivity index (χ0n) is 15.6. The van der Waals surface area contributed by atoms with Gasteiger partial charge in [-0.2, -0.15) is 0 Å². The molecule has 0 aliphatic rings. The van der Waals surface area contributed by atoms with Crippen molar-refractivity contribution in [2.45, 2.75) is 13.0 Å². The molecule has 1 atom stereocenters. The molecule has 0 aliphatic carbocycles. The van der Waals surface area contributed by atoms with E-state index in [0.29, 0.717) is 15.8 Å². The quantitative estimate of drug-likeness (QED) is 0.452. The maximum Gasteiger partial charge on any atom is 0.258 e. The molecule has 0 spiro atoms. The summed E-state index contributed by atoms with van der Waals surface area (Å²) in [4.78, 5) is 12.2. The van der Waals surface area contributed by atoms with Gasteiger partial charge in [0.2, 0.25) is 0 Å². The van der Waals surface area contributed by atoms with Gasteiger partial charge in [0.1, 0.15) is 5.82 Å². The molecular formula is C22H19ClFN3OS. The topological polar surface area (TPSA) is 53.2 Å². The van der Waals surface area contributed by atoms with E-state index in [2.05, 4.69) is 16.0 Å². The first-order valence-electron chi connectivity index (χ1n) is 8.91. The Morgan fingerprint density at radius 1 is 0.931 bits per heavy atom. The van der Waals surface area contributed by atoms with Gasteiger partial charge in [-0.25, -0.2) is 4.39 Å². The second-order valence-corrected chi connectivity index (χ2v) is 7.23. The number of thiocarbonyl (C=S) groups is 1. The SMILES string of the molecule is C[C@@H](NC(=S)Nc1ccc(NC(=O)c2ccccc2F)cc1)c1ccc(Cl)cc1. The van der Waals surface area contributed by atoms with Crippen molar-refractivity contribution in [3.8, 4) is 0 Å². The lowest BCUT2D eigenvalue weighted by Crippen LogP contribution is -2.30. The Morgan fingerprint density at radius 3 is 2.14 bits per heavy atom. The van der Waals surface area contributed by atoms with E-state index in [9.17, 15) is 9.18 Å². The molecule has 29 heavy (non-hydrogen) atoms. The molecule has 7 heteroatoms. The van der Waals surface area contributed by atoms with Gasteiger partial charge in [-0.15, -0.1) is 0 Å². The summed E-state index contributed by atoms with van der Waals surface area (Å²) in [5.74, 6) is -1.06. The minimum atomic E-state index is -0.561. The molecule has 0 unspecified atom stereocenters. The van der Waals surface area contributed by atoms with E-state index in [1.807, 2.05) is 31.2 Å². The van der Waals surface area contributed by atoms with Crippen LogP contribution in [0.2, 0.25) is 5.02 Å². The molecule has 3 rings (SSSR count). The molecule has 0 heterocycles. The summed E-state index contributed by atoms with van der Waals surface area (Å²) in [6.45, 7) is 2.00. The zero-order chi connectivity index (χ0) is 20.8. The molecule has 0 aromatic heterocycles. The average Bonchev–Trinajstić information content (AvgIpc) is 2.70. The molecule has 3 aromatic carbocycles. The van der Waals surface area contributed by atoms with Crippen LogP contribution in [0.4, 0.5) is 15.8 Å². The van der Waals surface area contributed by atoms with Crippen molar-refractivity contribution in [2.24, 2.45) is 0 Å². The van der Waals surface area contributed by atoms with Gasteiger partial charge in [0.25, 0.3) is 5.91 Å². The first-order chi connectivity index (χ1) is 13.9. The van der Waals surface area contributed by atoms with Gasteiger partial charge in [-0.1, -0.05) is 35.9 Å². The molecule has 0 fully saturated rings. The van der Waals surface area contributed by atoms with E-state index in [1.54, 1.807) is 30.3 Å². The van der Waals surface area contributed by atoms with Crippen LogP contribution in [0.15, 0.2) is 72.8 Å². The van der Waals surface area contributed by atoms with Gasteiger partial charge >= 0.3 is 0 Å². The van der Waals surface area contributed by atoms with Crippen molar-refractivity contribution in [2.75, 3.05) is 10.6 Å². The normalized spacial score (nSPS) is 11.4. The molecule has 4 nitrogen and oxygen atoms in total. The lowest BCUT2D eigenvalue weighted by molar-refractivity contribution is 0.102. The third kappa shape index (κ3) is 5.76. The highest BCUT2D eigenvalue weighted by Crippen LogP contribution is 2.18. The lowest BCUT2D eigenvalue weighted by Gasteiger charge is -2.17. The number of benzene rings is 3. The van der Waals surface area contributed by atoms with E-state index in [0.717, 1.165) is 11.3 Å². The largest absolute Gasteiger partial charge is 0.356 e. The van der Waals surface area contributed by atoms with Crippen LogP contribution in [0, 0.1) is 5.82 Å². The van der Waals surface area contributed by atoms with Crippen LogP contribution in [-0.2, 0) is 0 Å². The Labute approximate surface area is 179 Å². The molecule has 0 bridgehead atoms. The van der Waals surface area contributed by atoms with Crippen molar-refractivity contribution in [1.82, 2.24) is 5.32 Å². The second-order valence-electron chi connectivity index (χ2n) is 6.38. The highest BCUT2D eigenvalue weighted by molar-refractivity contribution is 7.80. The summed E-state index contributed by atoms with van der Waals surface area (Å²) in [7, 11) is 0. The van der Waals surface area contributed by atoms with E-state index in [-0.39, 0.29) is 11.6 Å². The maximum absolute atomic E-state index is 13.7. The van der Waals surface area contributed by atoms with Crippen LogP contribution in [0.1, 0.15) is 28.9 Å². The molecule has 0 saturated carbocycles. The Morgan fingerprint density at radius 2 is 1.52 bits per heavy atom. The van der Waals surface area contributed by atoms with Crippen LogP contribution in [-0.4, -0.2) is 11.0 Å². The molecule has 3 N–H and O–H groups in total. The monoisotopic (exact) mass is 427 g/mol. The number of amides is 1. The molecule has 148 valence electrons. The molecule has 0 saturated heterocycles. The van der Waals surface area contributed by atoms with E-state index >= 15 is 0 Å². The molecule has 0 aliphatic heterocycles. The van der Waals surface area contributed by atoms with Gasteiger partial charge in [0, 0.05) is 16.4 Å².